The monoisotopic (exact) mass is 447 g/mol. The Morgan fingerprint density at radius 3 is 2.87 bits per heavy atom. The predicted molar refractivity (Wildman–Crippen MR) is 111 cm³/mol. The van der Waals surface area contributed by atoms with Crippen molar-refractivity contribution in [3.8, 4) is 5.75 Å². The molecule has 0 bridgehead atoms. The molecule has 0 saturated heterocycles. The van der Waals surface area contributed by atoms with E-state index >= 15 is 0 Å². The number of aromatic nitrogens is 2. The summed E-state index contributed by atoms with van der Waals surface area (Å²) in [6.45, 7) is 0.324. The topological polar surface area (TPSA) is 47.4 Å². The van der Waals surface area contributed by atoms with E-state index < -0.39 is 12.2 Å². The summed E-state index contributed by atoms with van der Waals surface area (Å²) in [6, 6.07) is 7.63. The smallest absolute Gasteiger partial charge is 0.410 e. The number of benzene rings is 1. The third-order valence-corrected chi connectivity index (χ3v) is 6.78. The molecule has 1 atom stereocenters. The molecule has 0 saturated carbocycles. The molecular weight excluding hydrogens is 427 g/mol. The number of thiophene rings is 1. The van der Waals surface area contributed by atoms with Gasteiger partial charge in [-0.3, -0.25) is 9.69 Å². The number of halogens is 3. The van der Waals surface area contributed by atoms with Crippen molar-refractivity contribution in [3.63, 3.8) is 0 Å². The van der Waals surface area contributed by atoms with Crippen molar-refractivity contribution in [2.75, 3.05) is 11.4 Å². The van der Waals surface area contributed by atoms with E-state index in [2.05, 4.69) is 17.2 Å². The first kappa shape index (κ1) is 20.1. The van der Waals surface area contributed by atoms with Crippen LogP contribution in [0, 0.1) is 0 Å². The number of carbonyl (C=O) groups excluding carboxylic acids is 1. The largest absolute Gasteiger partial charge is 0.489 e. The molecule has 2 aromatic heterocycles. The number of aryl methyl sites for hydroxylation is 2. The highest BCUT2D eigenvalue weighted by molar-refractivity contribution is 7.12. The molecule has 162 valence electrons. The number of fused-ring (bicyclic) bond motifs is 2. The second kappa shape index (κ2) is 7.71. The van der Waals surface area contributed by atoms with E-state index in [1.54, 1.807) is 6.07 Å². The Bertz CT molecular complexity index is 1120. The molecule has 5 rings (SSSR count). The standard InChI is InChI=1S/C22H20F3N3O2S/c23-22(24,25)19-7-9-27(20-6-8-26-28(19)20)21(29)18-10-14(13-31-18)12-30-17-5-4-15-2-1-3-16(15)11-17/h4-6,8,10-11,13,19H,1-3,7,9,12H2. The number of anilines is 1. The van der Waals surface area contributed by atoms with Gasteiger partial charge < -0.3 is 4.74 Å². The van der Waals surface area contributed by atoms with E-state index in [-0.39, 0.29) is 24.7 Å². The molecule has 5 nitrogen and oxygen atoms in total. The van der Waals surface area contributed by atoms with E-state index in [4.69, 9.17) is 4.74 Å². The van der Waals surface area contributed by atoms with Crippen molar-refractivity contribution in [2.45, 2.75) is 44.5 Å². The molecule has 1 aromatic carbocycles. The van der Waals surface area contributed by atoms with Gasteiger partial charge in [0.15, 0.2) is 6.04 Å². The fourth-order valence-corrected chi connectivity index (χ4v) is 5.10. The molecule has 2 aliphatic rings. The van der Waals surface area contributed by atoms with Crippen LogP contribution in [0.2, 0.25) is 0 Å². The van der Waals surface area contributed by atoms with Crippen molar-refractivity contribution in [2.24, 2.45) is 0 Å². The molecule has 3 aromatic rings. The van der Waals surface area contributed by atoms with Crippen LogP contribution in [0.3, 0.4) is 0 Å². The molecular formula is C22H20F3N3O2S. The summed E-state index contributed by atoms with van der Waals surface area (Å²) < 4.78 is 46.6. The average Bonchev–Trinajstić information content (AvgIpc) is 3.50. The van der Waals surface area contributed by atoms with Gasteiger partial charge >= 0.3 is 6.18 Å². The van der Waals surface area contributed by atoms with E-state index in [0.29, 0.717) is 11.5 Å². The van der Waals surface area contributed by atoms with Crippen molar-refractivity contribution < 1.29 is 22.7 Å². The second-order valence-corrected chi connectivity index (χ2v) is 8.74. The zero-order valence-electron chi connectivity index (χ0n) is 16.6. The average molecular weight is 447 g/mol. The first-order valence-electron chi connectivity index (χ1n) is 10.1. The lowest BCUT2D eigenvalue weighted by Crippen LogP contribution is -2.42. The first-order chi connectivity index (χ1) is 14.9. The molecule has 1 aliphatic carbocycles. The van der Waals surface area contributed by atoms with Crippen molar-refractivity contribution >= 4 is 23.1 Å². The lowest BCUT2D eigenvalue weighted by Gasteiger charge is -2.33. The third kappa shape index (κ3) is 3.82. The van der Waals surface area contributed by atoms with Gasteiger partial charge in [0.2, 0.25) is 0 Å². The van der Waals surface area contributed by atoms with Crippen molar-refractivity contribution in [3.05, 3.63) is 63.5 Å². The lowest BCUT2D eigenvalue weighted by molar-refractivity contribution is -0.172. The van der Waals surface area contributed by atoms with Crippen LogP contribution in [0.5, 0.6) is 5.75 Å². The summed E-state index contributed by atoms with van der Waals surface area (Å²) in [5.74, 6) is 0.650. The normalized spacial score (nSPS) is 18.0. The van der Waals surface area contributed by atoms with Gasteiger partial charge in [0.05, 0.1) is 11.1 Å². The minimum Gasteiger partial charge on any atom is -0.489 e. The van der Waals surface area contributed by atoms with Gasteiger partial charge in [0, 0.05) is 18.2 Å². The van der Waals surface area contributed by atoms with Crippen LogP contribution in [-0.4, -0.2) is 28.4 Å². The highest BCUT2D eigenvalue weighted by Crippen LogP contribution is 2.39. The third-order valence-electron chi connectivity index (χ3n) is 5.81. The number of rotatable bonds is 4. The Kier molecular flexibility index (Phi) is 5.00. The molecule has 0 spiro atoms. The molecule has 1 aliphatic heterocycles. The minimum absolute atomic E-state index is 0.00639. The Labute approximate surface area is 181 Å². The molecule has 1 unspecified atom stereocenters. The summed E-state index contributed by atoms with van der Waals surface area (Å²) in [5.41, 5.74) is 3.56. The Morgan fingerprint density at radius 2 is 2.03 bits per heavy atom. The SMILES string of the molecule is O=C(c1cc(COc2ccc3c(c2)CCC3)cs1)N1CCC(C(F)(F)F)n2nccc21. The molecule has 0 fully saturated rings. The predicted octanol–water partition coefficient (Wildman–Crippen LogP) is 5.17. The minimum atomic E-state index is -4.40. The first-order valence-corrected chi connectivity index (χ1v) is 11.0. The Hall–Kier alpha value is -2.81. The number of alkyl halides is 3. The fraction of sp³-hybridized carbons (Fsp3) is 0.364. The number of ether oxygens (including phenoxy) is 1. The van der Waals surface area contributed by atoms with Crippen LogP contribution in [0.4, 0.5) is 19.0 Å². The number of hydrogen-bond acceptors (Lipinski definition) is 4. The zero-order chi connectivity index (χ0) is 21.6. The number of hydrogen-bond donors (Lipinski definition) is 0. The van der Waals surface area contributed by atoms with Crippen LogP contribution < -0.4 is 9.64 Å². The number of nitrogens with zero attached hydrogens (tertiary/aromatic N) is 3. The van der Waals surface area contributed by atoms with Crippen LogP contribution in [-0.2, 0) is 19.4 Å². The van der Waals surface area contributed by atoms with E-state index in [1.165, 1.54) is 46.0 Å². The van der Waals surface area contributed by atoms with E-state index in [9.17, 15) is 18.0 Å². The van der Waals surface area contributed by atoms with Crippen LogP contribution >= 0.6 is 11.3 Å². The summed E-state index contributed by atoms with van der Waals surface area (Å²) in [5, 5.41) is 5.66. The fourth-order valence-electron chi connectivity index (χ4n) is 4.26. The van der Waals surface area contributed by atoms with Gasteiger partial charge in [-0.1, -0.05) is 6.07 Å². The van der Waals surface area contributed by atoms with Crippen molar-refractivity contribution in [1.82, 2.24) is 9.78 Å². The van der Waals surface area contributed by atoms with Crippen molar-refractivity contribution in [1.29, 1.82) is 0 Å². The molecule has 1 amide bonds. The number of carbonyl (C=O) groups is 1. The zero-order valence-corrected chi connectivity index (χ0v) is 17.4. The maximum absolute atomic E-state index is 13.3. The maximum Gasteiger partial charge on any atom is 0.410 e. The summed E-state index contributed by atoms with van der Waals surface area (Å²) in [6.07, 6.45) is 0.0400. The Balaban J connectivity index is 1.28. The van der Waals surface area contributed by atoms with Gasteiger partial charge in [-0.15, -0.1) is 11.3 Å². The van der Waals surface area contributed by atoms with E-state index in [0.717, 1.165) is 28.8 Å². The highest BCUT2D eigenvalue weighted by atomic mass is 32.1. The van der Waals surface area contributed by atoms with Crippen LogP contribution in [0.25, 0.3) is 0 Å². The van der Waals surface area contributed by atoms with Crippen LogP contribution in [0.1, 0.15) is 45.2 Å². The maximum atomic E-state index is 13.3. The van der Waals surface area contributed by atoms with Gasteiger partial charge in [-0.25, -0.2) is 4.68 Å². The summed E-state index contributed by atoms with van der Waals surface area (Å²) in [4.78, 5) is 14.8. The van der Waals surface area contributed by atoms with Crippen LogP contribution in [0.15, 0.2) is 41.9 Å². The molecule has 31 heavy (non-hydrogen) atoms. The molecule has 0 radical (unpaired) electrons. The highest BCUT2D eigenvalue weighted by Gasteiger charge is 2.46. The van der Waals surface area contributed by atoms with Gasteiger partial charge in [0.25, 0.3) is 5.91 Å². The summed E-state index contributed by atoms with van der Waals surface area (Å²) >= 11 is 1.27. The second-order valence-electron chi connectivity index (χ2n) is 7.83. The van der Waals surface area contributed by atoms with Gasteiger partial charge in [0.1, 0.15) is 18.2 Å². The Morgan fingerprint density at radius 1 is 1.19 bits per heavy atom. The molecule has 0 N–H and O–H groups in total. The molecule has 9 heteroatoms. The summed E-state index contributed by atoms with van der Waals surface area (Å²) in [7, 11) is 0. The lowest BCUT2D eigenvalue weighted by atomic mass is 10.1. The van der Waals surface area contributed by atoms with E-state index in [1.807, 2.05) is 11.4 Å². The van der Waals surface area contributed by atoms with Gasteiger partial charge in [-0.05, 0) is 60.4 Å². The quantitative estimate of drug-likeness (QED) is 0.555. The number of amides is 1. The molecule has 3 heterocycles. The van der Waals surface area contributed by atoms with Gasteiger partial charge in [-0.2, -0.15) is 18.3 Å².